The number of hydrogen-bond acceptors (Lipinski definition) is 5. The van der Waals surface area contributed by atoms with Crippen molar-refractivity contribution in [2.45, 2.75) is 56.5 Å². The molecule has 3 aromatic carbocycles. The number of aryl methyl sites for hydroxylation is 2. The highest BCUT2D eigenvalue weighted by Crippen LogP contribution is 2.27. The van der Waals surface area contributed by atoms with Gasteiger partial charge in [-0.3, -0.25) is 13.9 Å². The summed E-state index contributed by atoms with van der Waals surface area (Å²) in [4.78, 5) is 29.5. The lowest BCUT2D eigenvalue weighted by atomic mass is 10.1. The molecule has 3 rings (SSSR count). The molecule has 9 heteroatoms. The van der Waals surface area contributed by atoms with Gasteiger partial charge < -0.3 is 10.2 Å². The summed E-state index contributed by atoms with van der Waals surface area (Å²) in [5.41, 5.74) is 3.28. The fourth-order valence-electron chi connectivity index (χ4n) is 4.22. The average molecular weight is 568 g/mol. The Balaban J connectivity index is 2.04. The largest absolute Gasteiger partial charge is 0.355 e. The predicted octanol–water partition coefficient (Wildman–Crippen LogP) is 5.16. The van der Waals surface area contributed by atoms with E-state index in [1.165, 1.54) is 16.7 Å². The van der Waals surface area contributed by atoms with Gasteiger partial charge in [-0.2, -0.15) is 0 Å². The molecule has 0 aliphatic carbocycles. The van der Waals surface area contributed by atoms with Crippen LogP contribution in [0.4, 0.5) is 5.69 Å². The van der Waals surface area contributed by atoms with Gasteiger partial charge in [0.2, 0.25) is 11.8 Å². The molecule has 208 valence electrons. The van der Waals surface area contributed by atoms with Crippen LogP contribution in [0.15, 0.2) is 82.6 Å². The van der Waals surface area contributed by atoms with Crippen molar-refractivity contribution in [2.24, 2.45) is 0 Å². The molecule has 0 aliphatic heterocycles. The molecule has 7 nitrogen and oxygen atoms in total. The number of sulfonamides is 1. The number of anilines is 1. The first-order chi connectivity index (χ1) is 18.6. The number of nitrogens with zero attached hydrogens (tertiary/aromatic N) is 2. The highest BCUT2D eigenvalue weighted by atomic mass is 32.2. The maximum absolute atomic E-state index is 14.0. The number of carbonyl (C=O) groups excluding carboxylic acids is 2. The van der Waals surface area contributed by atoms with Crippen LogP contribution in [0.5, 0.6) is 0 Å². The molecule has 0 bridgehead atoms. The van der Waals surface area contributed by atoms with Gasteiger partial charge in [-0.05, 0) is 75.4 Å². The standard InChI is InChI=1S/C30H37N3O4S2/c1-6-28(30(35)31-7-2)32(20-24-12-8-22(3)9-13-24)29(34)21-33(25-14-10-23(4)11-15-25)39(36,37)27-18-16-26(38-5)17-19-27/h8-19,28H,6-7,20-21H2,1-5H3,(H,31,35)/t28-/m1/s1. The second-order valence-electron chi connectivity index (χ2n) is 9.35. The first-order valence-electron chi connectivity index (χ1n) is 13.0. The van der Waals surface area contributed by atoms with E-state index >= 15 is 0 Å². The van der Waals surface area contributed by atoms with Gasteiger partial charge in [0, 0.05) is 18.0 Å². The van der Waals surface area contributed by atoms with E-state index in [9.17, 15) is 18.0 Å². The number of likely N-dealkylation sites (N-methyl/N-ethyl adjacent to an activating group) is 1. The molecule has 0 saturated heterocycles. The van der Waals surface area contributed by atoms with Crippen LogP contribution in [0, 0.1) is 13.8 Å². The fourth-order valence-corrected chi connectivity index (χ4v) is 6.04. The molecular weight excluding hydrogens is 530 g/mol. The Bertz CT molecular complexity index is 1360. The Labute approximate surface area is 236 Å². The summed E-state index contributed by atoms with van der Waals surface area (Å²) >= 11 is 1.52. The topological polar surface area (TPSA) is 86.8 Å². The van der Waals surface area contributed by atoms with Gasteiger partial charge >= 0.3 is 0 Å². The molecule has 0 aromatic heterocycles. The van der Waals surface area contributed by atoms with E-state index in [-0.39, 0.29) is 17.3 Å². The number of rotatable bonds is 12. The van der Waals surface area contributed by atoms with Crippen molar-refractivity contribution >= 4 is 39.3 Å². The van der Waals surface area contributed by atoms with Crippen LogP contribution in [-0.2, 0) is 26.2 Å². The van der Waals surface area contributed by atoms with Crippen molar-refractivity contribution in [1.82, 2.24) is 10.2 Å². The van der Waals surface area contributed by atoms with Gasteiger partial charge in [0.05, 0.1) is 10.6 Å². The highest BCUT2D eigenvalue weighted by Gasteiger charge is 2.33. The molecule has 0 aliphatic rings. The molecule has 0 saturated carbocycles. The lowest BCUT2D eigenvalue weighted by Crippen LogP contribution is -2.52. The number of benzene rings is 3. The first-order valence-corrected chi connectivity index (χ1v) is 15.6. The van der Waals surface area contributed by atoms with Gasteiger partial charge in [-0.1, -0.05) is 54.4 Å². The molecular formula is C30H37N3O4S2. The normalized spacial score (nSPS) is 12.0. The van der Waals surface area contributed by atoms with Crippen LogP contribution >= 0.6 is 11.8 Å². The monoisotopic (exact) mass is 567 g/mol. The van der Waals surface area contributed by atoms with E-state index in [0.717, 1.165) is 25.9 Å². The third kappa shape index (κ3) is 7.64. The van der Waals surface area contributed by atoms with Crippen LogP contribution in [0.3, 0.4) is 0 Å². The van der Waals surface area contributed by atoms with Gasteiger partial charge in [0.15, 0.2) is 0 Å². The third-order valence-electron chi connectivity index (χ3n) is 6.46. The van der Waals surface area contributed by atoms with Crippen LogP contribution in [0.1, 0.15) is 37.0 Å². The zero-order valence-electron chi connectivity index (χ0n) is 23.2. The molecule has 1 atom stereocenters. The van der Waals surface area contributed by atoms with E-state index in [0.29, 0.717) is 18.7 Å². The third-order valence-corrected chi connectivity index (χ3v) is 8.99. The Kier molecular flexibility index (Phi) is 10.6. The zero-order chi connectivity index (χ0) is 28.6. The quantitative estimate of drug-likeness (QED) is 0.306. The summed E-state index contributed by atoms with van der Waals surface area (Å²) in [6.45, 7) is 7.72. The smallest absolute Gasteiger partial charge is 0.264 e. The minimum absolute atomic E-state index is 0.0922. The van der Waals surface area contributed by atoms with E-state index in [2.05, 4.69) is 5.32 Å². The van der Waals surface area contributed by atoms with Crippen LogP contribution < -0.4 is 9.62 Å². The van der Waals surface area contributed by atoms with Gasteiger partial charge in [-0.25, -0.2) is 8.42 Å². The summed E-state index contributed by atoms with van der Waals surface area (Å²) in [6, 6.07) is 20.6. The predicted molar refractivity (Wildman–Crippen MR) is 158 cm³/mol. The summed E-state index contributed by atoms with van der Waals surface area (Å²) in [7, 11) is -4.09. The molecule has 2 amide bonds. The number of nitrogens with one attached hydrogen (secondary N) is 1. The average Bonchev–Trinajstić information content (AvgIpc) is 2.93. The van der Waals surface area contributed by atoms with Gasteiger partial charge in [0.1, 0.15) is 12.6 Å². The van der Waals surface area contributed by atoms with E-state index < -0.39 is 28.5 Å². The molecule has 0 spiro atoms. The van der Waals surface area contributed by atoms with Crippen LogP contribution in [-0.4, -0.2) is 50.5 Å². The zero-order valence-corrected chi connectivity index (χ0v) is 24.8. The molecule has 0 fully saturated rings. The van der Waals surface area contributed by atoms with Gasteiger partial charge in [0.25, 0.3) is 10.0 Å². The molecule has 0 radical (unpaired) electrons. The van der Waals surface area contributed by atoms with Crippen molar-refractivity contribution in [3.05, 3.63) is 89.5 Å². The molecule has 0 heterocycles. The Morgan fingerprint density at radius 1 is 0.872 bits per heavy atom. The van der Waals surface area contributed by atoms with Crippen molar-refractivity contribution < 1.29 is 18.0 Å². The number of hydrogen-bond donors (Lipinski definition) is 1. The summed E-state index contributed by atoms with van der Waals surface area (Å²) < 4.78 is 29.0. The maximum Gasteiger partial charge on any atom is 0.264 e. The SMILES string of the molecule is CCNC(=O)[C@@H](CC)N(Cc1ccc(C)cc1)C(=O)CN(c1ccc(C)cc1)S(=O)(=O)c1ccc(SC)cc1. The van der Waals surface area contributed by atoms with E-state index in [1.54, 1.807) is 36.4 Å². The lowest BCUT2D eigenvalue weighted by Gasteiger charge is -2.33. The highest BCUT2D eigenvalue weighted by molar-refractivity contribution is 7.98. The van der Waals surface area contributed by atoms with E-state index in [1.807, 2.05) is 70.3 Å². The molecule has 39 heavy (non-hydrogen) atoms. The summed E-state index contributed by atoms with van der Waals surface area (Å²) in [6.07, 6.45) is 2.30. The van der Waals surface area contributed by atoms with E-state index in [4.69, 9.17) is 0 Å². The molecule has 3 aromatic rings. The second kappa shape index (κ2) is 13.7. The van der Waals surface area contributed by atoms with Crippen molar-refractivity contribution in [3.63, 3.8) is 0 Å². The summed E-state index contributed by atoms with van der Waals surface area (Å²) in [5.74, 6) is -0.726. The number of amides is 2. The van der Waals surface area contributed by atoms with Gasteiger partial charge in [-0.15, -0.1) is 11.8 Å². The number of carbonyl (C=O) groups is 2. The van der Waals surface area contributed by atoms with Crippen molar-refractivity contribution in [2.75, 3.05) is 23.7 Å². The number of thioether (sulfide) groups is 1. The van der Waals surface area contributed by atoms with Crippen LogP contribution in [0.2, 0.25) is 0 Å². The Morgan fingerprint density at radius 3 is 1.95 bits per heavy atom. The minimum atomic E-state index is -4.09. The fraction of sp³-hybridized carbons (Fsp3) is 0.333. The van der Waals surface area contributed by atoms with Crippen molar-refractivity contribution in [3.8, 4) is 0 Å². The molecule has 1 N–H and O–H groups in total. The summed E-state index contributed by atoms with van der Waals surface area (Å²) in [5, 5.41) is 2.82. The van der Waals surface area contributed by atoms with Crippen LogP contribution in [0.25, 0.3) is 0 Å². The first kappa shape index (κ1) is 30.2. The maximum atomic E-state index is 14.0. The lowest BCUT2D eigenvalue weighted by molar-refractivity contribution is -0.140. The molecule has 0 unspecified atom stereocenters. The van der Waals surface area contributed by atoms with Crippen molar-refractivity contribution in [1.29, 1.82) is 0 Å². The Hall–Kier alpha value is -3.30. The minimum Gasteiger partial charge on any atom is -0.355 e. The second-order valence-corrected chi connectivity index (χ2v) is 12.1. The Morgan fingerprint density at radius 2 is 1.44 bits per heavy atom.